The first-order valence-electron chi connectivity index (χ1n) is 7.24. The second-order valence-corrected chi connectivity index (χ2v) is 5.07. The van der Waals surface area contributed by atoms with Crippen LogP contribution < -0.4 is 0 Å². The van der Waals surface area contributed by atoms with E-state index in [4.69, 9.17) is 18.9 Å². The zero-order chi connectivity index (χ0) is 16.6. The number of methoxy groups -OCH3 is 2. The summed E-state index contributed by atoms with van der Waals surface area (Å²) in [5, 5.41) is 9.88. The van der Waals surface area contributed by atoms with Crippen LogP contribution in [0.1, 0.15) is 25.7 Å². The SMILES string of the molecule is C=CC(=O)OCCOC1CCC(C(=O)C(O)(OC)OC)CC1. The van der Waals surface area contributed by atoms with E-state index in [1.165, 1.54) is 14.2 Å². The van der Waals surface area contributed by atoms with Crippen molar-refractivity contribution in [2.45, 2.75) is 37.8 Å². The molecule has 126 valence electrons. The molecule has 1 rings (SSSR count). The van der Waals surface area contributed by atoms with Crippen LogP contribution >= 0.6 is 0 Å². The minimum absolute atomic E-state index is 0.0182. The molecule has 7 nitrogen and oxygen atoms in total. The highest BCUT2D eigenvalue weighted by Gasteiger charge is 2.42. The third kappa shape index (κ3) is 5.17. The van der Waals surface area contributed by atoms with Crippen molar-refractivity contribution >= 4 is 11.8 Å². The van der Waals surface area contributed by atoms with Crippen molar-refractivity contribution < 1.29 is 33.6 Å². The van der Waals surface area contributed by atoms with Crippen LogP contribution in [-0.4, -0.2) is 56.4 Å². The molecular formula is C15H24O7. The van der Waals surface area contributed by atoms with Crippen LogP contribution in [-0.2, 0) is 28.5 Å². The number of hydrogen-bond donors (Lipinski definition) is 1. The van der Waals surface area contributed by atoms with E-state index in [9.17, 15) is 14.7 Å². The van der Waals surface area contributed by atoms with Crippen LogP contribution in [0.15, 0.2) is 12.7 Å². The first kappa shape index (κ1) is 18.8. The fraction of sp³-hybridized carbons (Fsp3) is 0.733. The van der Waals surface area contributed by atoms with Crippen molar-refractivity contribution in [1.82, 2.24) is 0 Å². The Morgan fingerprint density at radius 3 is 2.27 bits per heavy atom. The Morgan fingerprint density at radius 2 is 1.77 bits per heavy atom. The molecule has 22 heavy (non-hydrogen) atoms. The Morgan fingerprint density at radius 1 is 1.18 bits per heavy atom. The van der Waals surface area contributed by atoms with E-state index < -0.39 is 17.7 Å². The summed E-state index contributed by atoms with van der Waals surface area (Å²) < 4.78 is 19.9. The molecule has 0 aromatic carbocycles. The average molecular weight is 316 g/mol. The third-order valence-corrected chi connectivity index (χ3v) is 3.76. The normalized spacial score (nSPS) is 22.1. The first-order valence-corrected chi connectivity index (χ1v) is 7.24. The molecule has 1 aliphatic carbocycles. The molecule has 7 heteroatoms. The molecule has 0 saturated heterocycles. The average Bonchev–Trinajstić information content (AvgIpc) is 2.57. The molecule has 0 heterocycles. The highest BCUT2D eigenvalue weighted by molar-refractivity contribution is 5.86. The molecule has 0 aromatic heterocycles. The summed E-state index contributed by atoms with van der Waals surface area (Å²) >= 11 is 0. The zero-order valence-corrected chi connectivity index (χ0v) is 13.1. The highest BCUT2D eigenvalue weighted by Crippen LogP contribution is 2.30. The number of Topliss-reactive ketones (excluding diaryl/α,β-unsaturated/α-hetero) is 1. The first-order chi connectivity index (χ1) is 10.5. The maximum absolute atomic E-state index is 12.1. The summed E-state index contributed by atoms with van der Waals surface area (Å²) in [4.78, 5) is 23.0. The lowest BCUT2D eigenvalue weighted by Crippen LogP contribution is -2.47. The van der Waals surface area contributed by atoms with E-state index in [-0.39, 0.29) is 18.6 Å². The van der Waals surface area contributed by atoms with Crippen LogP contribution in [0.3, 0.4) is 0 Å². The molecule has 0 aromatic rings. The van der Waals surface area contributed by atoms with Gasteiger partial charge < -0.3 is 24.1 Å². The molecular weight excluding hydrogens is 292 g/mol. The van der Waals surface area contributed by atoms with Gasteiger partial charge in [0, 0.05) is 26.2 Å². The smallest absolute Gasteiger partial charge is 0.344 e. The molecule has 0 unspecified atom stereocenters. The van der Waals surface area contributed by atoms with E-state index >= 15 is 0 Å². The van der Waals surface area contributed by atoms with Gasteiger partial charge in [-0.05, 0) is 25.7 Å². The van der Waals surface area contributed by atoms with Gasteiger partial charge in [0.2, 0.25) is 5.78 Å². The molecule has 0 bridgehead atoms. The fourth-order valence-corrected chi connectivity index (χ4v) is 2.45. The molecule has 0 amide bonds. The summed E-state index contributed by atoms with van der Waals surface area (Å²) in [5.74, 6) is -3.42. The number of aliphatic hydroxyl groups is 1. The molecule has 1 N–H and O–H groups in total. The van der Waals surface area contributed by atoms with Crippen molar-refractivity contribution in [3.8, 4) is 0 Å². The summed E-state index contributed by atoms with van der Waals surface area (Å²) in [6.45, 7) is 3.79. The van der Waals surface area contributed by atoms with Gasteiger partial charge >= 0.3 is 11.9 Å². The van der Waals surface area contributed by atoms with Crippen molar-refractivity contribution in [1.29, 1.82) is 0 Å². The standard InChI is InChI=1S/C15H24O7/c1-4-13(16)22-10-9-21-12-7-5-11(6-8-12)14(17)15(18,19-2)20-3/h4,11-12,18H,1,5-10H2,2-3H3. The Labute approximate surface area is 130 Å². The van der Waals surface area contributed by atoms with Gasteiger partial charge in [-0.2, -0.15) is 0 Å². The summed E-state index contributed by atoms with van der Waals surface area (Å²) in [6, 6.07) is 0. The molecule has 0 aliphatic heterocycles. The lowest BCUT2D eigenvalue weighted by atomic mass is 9.84. The molecule has 1 aliphatic rings. The lowest BCUT2D eigenvalue weighted by molar-refractivity contribution is -0.316. The number of carbonyl (C=O) groups is 2. The number of rotatable bonds is 9. The van der Waals surface area contributed by atoms with Crippen LogP contribution in [0.2, 0.25) is 0 Å². The Bertz CT molecular complexity index is 381. The van der Waals surface area contributed by atoms with Crippen LogP contribution in [0.4, 0.5) is 0 Å². The second kappa shape index (κ2) is 8.99. The predicted octanol–water partition coefficient (Wildman–Crippen LogP) is 0.799. The second-order valence-electron chi connectivity index (χ2n) is 5.07. The quantitative estimate of drug-likeness (QED) is 0.291. The lowest BCUT2D eigenvalue weighted by Gasteiger charge is -2.32. The third-order valence-electron chi connectivity index (χ3n) is 3.76. The van der Waals surface area contributed by atoms with Gasteiger partial charge in [0.05, 0.1) is 12.7 Å². The molecule has 0 atom stereocenters. The minimum Gasteiger partial charge on any atom is -0.460 e. The molecule has 0 spiro atoms. The van der Waals surface area contributed by atoms with E-state index in [1.54, 1.807) is 0 Å². The number of ketones is 1. The minimum atomic E-state index is -2.17. The monoisotopic (exact) mass is 316 g/mol. The van der Waals surface area contributed by atoms with Gasteiger partial charge in [0.1, 0.15) is 6.61 Å². The number of ether oxygens (including phenoxy) is 4. The zero-order valence-electron chi connectivity index (χ0n) is 13.1. The molecule has 1 saturated carbocycles. The predicted molar refractivity (Wildman–Crippen MR) is 76.8 cm³/mol. The van der Waals surface area contributed by atoms with E-state index in [2.05, 4.69) is 6.58 Å². The van der Waals surface area contributed by atoms with Gasteiger partial charge in [0.15, 0.2) is 0 Å². The maximum Gasteiger partial charge on any atom is 0.344 e. The van der Waals surface area contributed by atoms with Gasteiger partial charge in [-0.15, -0.1) is 0 Å². The topological polar surface area (TPSA) is 91.3 Å². The largest absolute Gasteiger partial charge is 0.460 e. The van der Waals surface area contributed by atoms with Gasteiger partial charge in [-0.1, -0.05) is 6.58 Å². The van der Waals surface area contributed by atoms with Gasteiger partial charge in [-0.3, -0.25) is 4.79 Å². The summed E-state index contributed by atoms with van der Waals surface area (Å²) in [6.07, 6.45) is 3.68. The van der Waals surface area contributed by atoms with Crippen molar-refractivity contribution in [2.24, 2.45) is 5.92 Å². The summed E-state index contributed by atoms with van der Waals surface area (Å²) in [7, 11) is 2.45. The fourth-order valence-electron chi connectivity index (χ4n) is 2.45. The highest BCUT2D eigenvalue weighted by atomic mass is 16.8. The van der Waals surface area contributed by atoms with E-state index in [1.807, 2.05) is 0 Å². The molecule has 0 radical (unpaired) electrons. The Hall–Kier alpha value is -1.28. The maximum atomic E-state index is 12.1. The van der Waals surface area contributed by atoms with Crippen molar-refractivity contribution in [3.63, 3.8) is 0 Å². The van der Waals surface area contributed by atoms with Gasteiger partial charge in [0.25, 0.3) is 0 Å². The van der Waals surface area contributed by atoms with Crippen LogP contribution in [0, 0.1) is 5.92 Å². The molecule has 1 fully saturated rings. The number of esters is 1. The van der Waals surface area contributed by atoms with Crippen molar-refractivity contribution in [2.75, 3.05) is 27.4 Å². The van der Waals surface area contributed by atoms with Crippen molar-refractivity contribution in [3.05, 3.63) is 12.7 Å². The number of hydrogen-bond acceptors (Lipinski definition) is 7. The Kier molecular flexibility index (Phi) is 7.67. The van der Waals surface area contributed by atoms with Gasteiger partial charge in [-0.25, -0.2) is 4.79 Å². The van der Waals surface area contributed by atoms with E-state index in [0.29, 0.717) is 32.3 Å². The van der Waals surface area contributed by atoms with E-state index in [0.717, 1.165) is 6.08 Å². The summed E-state index contributed by atoms with van der Waals surface area (Å²) in [5.41, 5.74) is 0. The van der Waals surface area contributed by atoms with Crippen LogP contribution in [0.5, 0.6) is 0 Å². The van der Waals surface area contributed by atoms with Crippen LogP contribution in [0.25, 0.3) is 0 Å². The number of carbonyl (C=O) groups excluding carboxylic acids is 2. The Balaban J connectivity index is 2.30.